The Morgan fingerprint density at radius 1 is 1.45 bits per heavy atom. The van der Waals surface area contributed by atoms with Crippen molar-refractivity contribution in [2.24, 2.45) is 5.73 Å². The second kappa shape index (κ2) is 6.37. The lowest BCUT2D eigenvalue weighted by Gasteiger charge is -2.34. The van der Waals surface area contributed by atoms with Crippen molar-refractivity contribution in [2.75, 3.05) is 19.6 Å². The molecule has 1 aliphatic rings. The average Bonchev–Trinajstić information content (AvgIpc) is 2.48. The first kappa shape index (κ1) is 15.0. The highest BCUT2D eigenvalue weighted by molar-refractivity contribution is 5.87. The lowest BCUT2D eigenvalue weighted by atomic mass is 9.91. The number of piperidine rings is 1. The molecule has 4 heteroatoms. The molecule has 2 unspecified atom stereocenters. The summed E-state index contributed by atoms with van der Waals surface area (Å²) in [6.45, 7) is 7.01. The molecule has 2 rings (SSSR count). The summed E-state index contributed by atoms with van der Waals surface area (Å²) < 4.78 is 0. The van der Waals surface area contributed by atoms with Crippen LogP contribution in [0.2, 0.25) is 0 Å². The van der Waals surface area contributed by atoms with E-state index < -0.39 is 5.54 Å². The van der Waals surface area contributed by atoms with Crippen LogP contribution in [0.3, 0.4) is 0 Å². The highest BCUT2D eigenvalue weighted by Crippen LogP contribution is 2.18. The quantitative estimate of drug-likeness (QED) is 0.874. The molecule has 0 aromatic heterocycles. The molecule has 0 saturated carbocycles. The number of nitrogens with one attached hydrogen (secondary N) is 1. The molecule has 0 radical (unpaired) electrons. The number of amides is 1. The van der Waals surface area contributed by atoms with Gasteiger partial charge in [0.2, 0.25) is 5.91 Å². The van der Waals surface area contributed by atoms with E-state index in [0.717, 1.165) is 38.0 Å². The standard InChI is InChI=1S/C16H25N3O/c1-3-19-11-7-10-14(12-19)18-15(20)16(2,17)13-8-5-4-6-9-13/h4-6,8-9,14H,3,7,10-12,17H2,1-2H3,(H,18,20). The fourth-order valence-electron chi connectivity index (χ4n) is 2.71. The lowest BCUT2D eigenvalue weighted by Crippen LogP contribution is -2.55. The van der Waals surface area contributed by atoms with Gasteiger partial charge >= 0.3 is 0 Å². The summed E-state index contributed by atoms with van der Waals surface area (Å²) in [5, 5.41) is 3.12. The van der Waals surface area contributed by atoms with Crippen molar-refractivity contribution in [1.29, 1.82) is 0 Å². The van der Waals surface area contributed by atoms with Crippen molar-refractivity contribution in [3.05, 3.63) is 35.9 Å². The number of hydrogen-bond donors (Lipinski definition) is 2. The molecule has 0 aliphatic carbocycles. The van der Waals surface area contributed by atoms with Crippen LogP contribution in [0.5, 0.6) is 0 Å². The van der Waals surface area contributed by atoms with Crippen LogP contribution in [-0.2, 0) is 10.3 Å². The van der Waals surface area contributed by atoms with Crippen LogP contribution in [0.1, 0.15) is 32.3 Å². The van der Waals surface area contributed by atoms with Crippen molar-refractivity contribution in [3.63, 3.8) is 0 Å². The third kappa shape index (κ3) is 3.38. The van der Waals surface area contributed by atoms with Crippen molar-refractivity contribution >= 4 is 5.91 Å². The number of carbonyl (C=O) groups excluding carboxylic acids is 1. The number of hydrogen-bond acceptors (Lipinski definition) is 3. The summed E-state index contributed by atoms with van der Waals surface area (Å²) in [4.78, 5) is 14.8. The smallest absolute Gasteiger partial charge is 0.244 e. The van der Waals surface area contributed by atoms with E-state index in [-0.39, 0.29) is 11.9 Å². The molecule has 1 amide bonds. The minimum absolute atomic E-state index is 0.0911. The van der Waals surface area contributed by atoms with E-state index in [1.54, 1.807) is 6.92 Å². The zero-order chi connectivity index (χ0) is 14.6. The number of likely N-dealkylation sites (N-methyl/N-ethyl adjacent to an activating group) is 1. The van der Waals surface area contributed by atoms with Gasteiger partial charge in [0.1, 0.15) is 5.54 Å². The van der Waals surface area contributed by atoms with Gasteiger partial charge in [-0.2, -0.15) is 0 Å². The van der Waals surface area contributed by atoms with E-state index >= 15 is 0 Å². The topological polar surface area (TPSA) is 58.4 Å². The van der Waals surface area contributed by atoms with Gasteiger partial charge < -0.3 is 16.0 Å². The highest BCUT2D eigenvalue weighted by atomic mass is 16.2. The number of nitrogens with two attached hydrogens (primary N) is 1. The van der Waals surface area contributed by atoms with Gasteiger partial charge in [0.05, 0.1) is 0 Å². The number of rotatable bonds is 4. The molecule has 2 atom stereocenters. The summed E-state index contributed by atoms with van der Waals surface area (Å²) in [6.07, 6.45) is 2.17. The van der Waals surface area contributed by atoms with Crippen molar-refractivity contribution in [2.45, 2.75) is 38.3 Å². The molecule has 1 saturated heterocycles. The fourth-order valence-corrected chi connectivity index (χ4v) is 2.71. The molecule has 1 heterocycles. The Balaban J connectivity index is 2.00. The van der Waals surface area contributed by atoms with Crippen LogP contribution in [0, 0.1) is 0 Å². The van der Waals surface area contributed by atoms with E-state index in [1.807, 2.05) is 30.3 Å². The molecule has 0 spiro atoms. The van der Waals surface area contributed by atoms with Crippen LogP contribution in [0.4, 0.5) is 0 Å². The maximum Gasteiger partial charge on any atom is 0.244 e. The average molecular weight is 275 g/mol. The summed E-state index contributed by atoms with van der Waals surface area (Å²) in [7, 11) is 0. The molecule has 20 heavy (non-hydrogen) atoms. The van der Waals surface area contributed by atoms with Crippen LogP contribution >= 0.6 is 0 Å². The molecule has 0 bridgehead atoms. The first-order valence-electron chi connectivity index (χ1n) is 7.41. The van der Waals surface area contributed by atoms with Gasteiger partial charge in [-0.15, -0.1) is 0 Å². The number of benzene rings is 1. The van der Waals surface area contributed by atoms with E-state index in [2.05, 4.69) is 17.1 Å². The van der Waals surface area contributed by atoms with Gasteiger partial charge in [0, 0.05) is 12.6 Å². The third-order valence-electron chi connectivity index (χ3n) is 4.13. The molecule has 3 N–H and O–H groups in total. The Kier molecular flexibility index (Phi) is 4.78. The van der Waals surface area contributed by atoms with E-state index in [4.69, 9.17) is 5.73 Å². The fraction of sp³-hybridized carbons (Fsp3) is 0.562. The Hall–Kier alpha value is -1.39. The maximum atomic E-state index is 12.5. The molecular formula is C16H25N3O. The predicted octanol–water partition coefficient (Wildman–Crippen LogP) is 1.46. The summed E-state index contributed by atoms with van der Waals surface area (Å²) in [5.74, 6) is -0.0911. The lowest BCUT2D eigenvalue weighted by molar-refractivity contribution is -0.127. The molecule has 1 aliphatic heterocycles. The maximum absolute atomic E-state index is 12.5. The van der Waals surface area contributed by atoms with Gasteiger partial charge in [-0.05, 0) is 38.4 Å². The zero-order valence-electron chi connectivity index (χ0n) is 12.4. The summed E-state index contributed by atoms with van der Waals surface area (Å²) in [6, 6.07) is 9.76. The van der Waals surface area contributed by atoms with Crippen LogP contribution in [0.25, 0.3) is 0 Å². The second-order valence-corrected chi connectivity index (χ2v) is 5.77. The molecular weight excluding hydrogens is 250 g/mol. The first-order chi connectivity index (χ1) is 9.54. The Bertz CT molecular complexity index is 444. The van der Waals surface area contributed by atoms with Gasteiger partial charge in [0.15, 0.2) is 0 Å². The number of likely N-dealkylation sites (tertiary alicyclic amines) is 1. The van der Waals surface area contributed by atoms with E-state index in [9.17, 15) is 4.79 Å². The largest absolute Gasteiger partial charge is 0.350 e. The Morgan fingerprint density at radius 2 is 2.15 bits per heavy atom. The zero-order valence-corrected chi connectivity index (χ0v) is 12.4. The number of nitrogens with zero attached hydrogens (tertiary/aromatic N) is 1. The second-order valence-electron chi connectivity index (χ2n) is 5.77. The van der Waals surface area contributed by atoms with E-state index in [0.29, 0.717) is 0 Å². The van der Waals surface area contributed by atoms with Crippen LogP contribution in [0.15, 0.2) is 30.3 Å². The van der Waals surface area contributed by atoms with E-state index in [1.165, 1.54) is 0 Å². The van der Waals surface area contributed by atoms with Gasteiger partial charge in [-0.1, -0.05) is 37.3 Å². The minimum Gasteiger partial charge on any atom is -0.350 e. The molecule has 1 fully saturated rings. The Morgan fingerprint density at radius 3 is 2.80 bits per heavy atom. The van der Waals surface area contributed by atoms with Crippen molar-refractivity contribution in [3.8, 4) is 0 Å². The van der Waals surface area contributed by atoms with Crippen LogP contribution in [-0.4, -0.2) is 36.5 Å². The van der Waals surface area contributed by atoms with Gasteiger partial charge in [-0.3, -0.25) is 4.79 Å². The minimum atomic E-state index is -0.976. The number of carbonyl (C=O) groups is 1. The molecule has 1 aromatic carbocycles. The molecule has 110 valence electrons. The SMILES string of the molecule is CCN1CCCC(NC(=O)C(C)(N)c2ccccc2)C1. The monoisotopic (exact) mass is 275 g/mol. The summed E-state index contributed by atoms with van der Waals surface area (Å²) in [5.41, 5.74) is 6.11. The summed E-state index contributed by atoms with van der Waals surface area (Å²) >= 11 is 0. The predicted molar refractivity (Wildman–Crippen MR) is 81.3 cm³/mol. The third-order valence-corrected chi connectivity index (χ3v) is 4.13. The van der Waals surface area contributed by atoms with Gasteiger partial charge in [0.25, 0.3) is 0 Å². The highest BCUT2D eigenvalue weighted by Gasteiger charge is 2.32. The van der Waals surface area contributed by atoms with Crippen LogP contribution < -0.4 is 11.1 Å². The Labute approximate surface area is 121 Å². The van der Waals surface area contributed by atoms with Crippen molar-refractivity contribution in [1.82, 2.24) is 10.2 Å². The molecule has 4 nitrogen and oxygen atoms in total. The normalized spacial score (nSPS) is 23.1. The van der Waals surface area contributed by atoms with Crippen molar-refractivity contribution < 1.29 is 4.79 Å². The first-order valence-corrected chi connectivity index (χ1v) is 7.41. The molecule has 1 aromatic rings. The van der Waals surface area contributed by atoms with Gasteiger partial charge in [-0.25, -0.2) is 0 Å².